The van der Waals surface area contributed by atoms with Crippen LogP contribution in [0.4, 0.5) is 10.1 Å². The van der Waals surface area contributed by atoms with Crippen LogP contribution in [0.15, 0.2) is 71.6 Å². The molecular formula is C22H20ClFN2O4S. The van der Waals surface area contributed by atoms with Crippen LogP contribution < -0.4 is 9.46 Å². The molecule has 9 heteroatoms. The van der Waals surface area contributed by atoms with Gasteiger partial charge in [-0.1, -0.05) is 29.8 Å². The molecule has 0 aromatic heterocycles. The Labute approximate surface area is 185 Å². The lowest BCUT2D eigenvalue weighted by molar-refractivity contribution is 0.0784. The Balaban J connectivity index is 1.76. The number of amides is 1. The van der Waals surface area contributed by atoms with E-state index in [2.05, 4.69) is 4.72 Å². The summed E-state index contributed by atoms with van der Waals surface area (Å²) in [6.07, 6.45) is 0. The molecule has 3 rings (SSSR count). The maximum Gasteiger partial charge on any atom is 0.262 e. The quantitative estimate of drug-likeness (QED) is 0.558. The van der Waals surface area contributed by atoms with Crippen LogP contribution in [0.1, 0.15) is 15.9 Å². The number of ether oxygens (including phenoxy) is 1. The molecule has 0 saturated heterocycles. The minimum absolute atomic E-state index is 0.0187. The number of hydrogen-bond donors (Lipinski definition) is 1. The molecule has 0 unspecified atom stereocenters. The molecule has 0 bridgehead atoms. The maximum absolute atomic E-state index is 14.0. The van der Waals surface area contributed by atoms with Gasteiger partial charge in [0.1, 0.15) is 11.6 Å². The lowest BCUT2D eigenvalue weighted by Gasteiger charge is -2.19. The molecule has 6 nitrogen and oxygen atoms in total. The monoisotopic (exact) mass is 462 g/mol. The fraction of sp³-hybridized carbons (Fsp3) is 0.136. The number of nitrogens with one attached hydrogen (secondary N) is 1. The topological polar surface area (TPSA) is 75.7 Å². The van der Waals surface area contributed by atoms with Crippen LogP contribution in [0, 0.1) is 5.82 Å². The summed E-state index contributed by atoms with van der Waals surface area (Å²) in [5.74, 6) is -0.525. The third-order valence-corrected chi connectivity index (χ3v) is 6.30. The zero-order valence-electron chi connectivity index (χ0n) is 16.8. The van der Waals surface area contributed by atoms with Crippen molar-refractivity contribution in [2.24, 2.45) is 0 Å². The van der Waals surface area contributed by atoms with E-state index in [1.165, 1.54) is 55.5 Å². The van der Waals surface area contributed by atoms with Gasteiger partial charge in [-0.3, -0.25) is 9.52 Å². The first-order valence-corrected chi connectivity index (χ1v) is 11.0. The summed E-state index contributed by atoms with van der Waals surface area (Å²) in [6, 6.07) is 16.4. The zero-order chi connectivity index (χ0) is 22.6. The summed E-state index contributed by atoms with van der Waals surface area (Å²) in [4.78, 5) is 14.0. The molecule has 0 aliphatic heterocycles. The second kappa shape index (κ2) is 9.36. The molecule has 0 aliphatic rings. The second-order valence-corrected chi connectivity index (χ2v) is 8.78. The molecule has 1 amide bonds. The van der Waals surface area contributed by atoms with E-state index in [0.717, 1.165) is 0 Å². The molecule has 0 aliphatic carbocycles. The molecule has 0 heterocycles. The van der Waals surface area contributed by atoms with Crippen molar-refractivity contribution in [2.75, 3.05) is 18.9 Å². The molecule has 3 aromatic rings. The van der Waals surface area contributed by atoms with E-state index in [9.17, 15) is 17.6 Å². The molecule has 31 heavy (non-hydrogen) atoms. The number of sulfonamides is 1. The third-order valence-electron chi connectivity index (χ3n) is 4.57. The van der Waals surface area contributed by atoms with Crippen molar-refractivity contribution in [3.8, 4) is 5.75 Å². The van der Waals surface area contributed by atoms with Gasteiger partial charge in [-0.25, -0.2) is 12.8 Å². The van der Waals surface area contributed by atoms with Crippen LogP contribution in [0.5, 0.6) is 5.75 Å². The number of methoxy groups -OCH3 is 1. The number of carbonyl (C=O) groups is 1. The minimum Gasteiger partial charge on any atom is -0.495 e. The van der Waals surface area contributed by atoms with E-state index in [4.69, 9.17) is 16.3 Å². The number of carbonyl (C=O) groups excluding carboxylic acids is 1. The Morgan fingerprint density at radius 1 is 1.06 bits per heavy atom. The third kappa shape index (κ3) is 5.15. The minimum atomic E-state index is -3.89. The largest absolute Gasteiger partial charge is 0.495 e. The first-order valence-electron chi connectivity index (χ1n) is 9.17. The fourth-order valence-electron chi connectivity index (χ4n) is 2.92. The van der Waals surface area contributed by atoms with Crippen molar-refractivity contribution in [1.82, 2.24) is 4.90 Å². The molecular weight excluding hydrogens is 443 g/mol. The van der Waals surface area contributed by atoms with Gasteiger partial charge in [0.25, 0.3) is 15.9 Å². The zero-order valence-corrected chi connectivity index (χ0v) is 18.4. The highest BCUT2D eigenvalue weighted by atomic mass is 35.5. The van der Waals surface area contributed by atoms with Gasteiger partial charge in [0.2, 0.25) is 0 Å². The van der Waals surface area contributed by atoms with E-state index in [1.54, 1.807) is 30.3 Å². The lowest BCUT2D eigenvalue weighted by atomic mass is 10.1. The Morgan fingerprint density at radius 3 is 2.39 bits per heavy atom. The number of rotatable bonds is 7. The van der Waals surface area contributed by atoms with Crippen molar-refractivity contribution >= 4 is 33.2 Å². The highest BCUT2D eigenvalue weighted by Crippen LogP contribution is 2.26. The lowest BCUT2D eigenvalue weighted by Crippen LogP contribution is -2.27. The predicted molar refractivity (Wildman–Crippen MR) is 117 cm³/mol. The smallest absolute Gasteiger partial charge is 0.262 e. The standard InChI is InChI=1S/C22H20ClFN2O4S/c1-26(14-17-18(23)6-5-7-19(17)24)22(27)15-10-12-16(13-11-15)31(28,29)25-20-8-3-4-9-21(20)30-2/h3-13,25H,14H2,1-2H3. The number of halogens is 2. The summed E-state index contributed by atoms with van der Waals surface area (Å²) in [7, 11) is -0.934. The van der Waals surface area contributed by atoms with E-state index >= 15 is 0 Å². The van der Waals surface area contributed by atoms with E-state index in [-0.39, 0.29) is 27.6 Å². The molecule has 0 spiro atoms. The Kier molecular flexibility index (Phi) is 6.82. The van der Waals surface area contributed by atoms with Crippen molar-refractivity contribution in [3.63, 3.8) is 0 Å². The van der Waals surface area contributed by atoms with Crippen LogP contribution in [0.2, 0.25) is 5.02 Å². The van der Waals surface area contributed by atoms with Gasteiger partial charge in [-0.2, -0.15) is 0 Å². The average molecular weight is 463 g/mol. The Bertz CT molecular complexity index is 1180. The van der Waals surface area contributed by atoms with Crippen LogP contribution >= 0.6 is 11.6 Å². The van der Waals surface area contributed by atoms with E-state index in [0.29, 0.717) is 11.4 Å². The number of anilines is 1. The molecule has 162 valence electrons. The number of benzene rings is 3. The number of hydrogen-bond acceptors (Lipinski definition) is 4. The van der Waals surface area contributed by atoms with Crippen molar-refractivity contribution < 1.29 is 22.3 Å². The van der Waals surface area contributed by atoms with Crippen LogP contribution in [0.3, 0.4) is 0 Å². The summed E-state index contributed by atoms with van der Waals surface area (Å²) in [6.45, 7) is -0.0280. The summed E-state index contributed by atoms with van der Waals surface area (Å²) >= 11 is 6.02. The highest BCUT2D eigenvalue weighted by molar-refractivity contribution is 7.92. The maximum atomic E-state index is 14.0. The van der Waals surface area contributed by atoms with Gasteiger partial charge in [0.05, 0.1) is 17.7 Å². The SMILES string of the molecule is COc1ccccc1NS(=O)(=O)c1ccc(C(=O)N(C)Cc2c(F)cccc2Cl)cc1. The predicted octanol–water partition coefficient (Wildman–Crippen LogP) is 4.56. The fourth-order valence-corrected chi connectivity index (χ4v) is 4.22. The number of nitrogens with zero attached hydrogens (tertiary/aromatic N) is 1. The first kappa shape index (κ1) is 22.6. The van der Waals surface area contributed by atoms with Crippen molar-refractivity contribution in [3.05, 3.63) is 88.7 Å². The Morgan fingerprint density at radius 2 is 1.74 bits per heavy atom. The van der Waals surface area contributed by atoms with E-state index in [1.807, 2.05) is 0 Å². The molecule has 1 N–H and O–H groups in total. The Hall–Kier alpha value is -3.10. The highest BCUT2D eigenvalue weighted by Gasteiger charge is 2.19. The molecule has 0 fully saturated rings. The van der Waals surface area contributed by atoms with Gasteiger partial charge < -0.3 is 9.64 Å². The van der Waals surface area contributed by atoms with Gasteiger partial charge in [-0.05, 0) is 48.5 Å². The summed E-state index contributed by atoms with van der Waals surface area (Å²) in [5, 5.41) is 0.225. The molecule has 3 aromatic carbocycles. The first-order chi connectivity index (χ1) is 14.7. The average Bonchev–Trinajstić information content (AvgIpc) is 2.76. The molecule has 0 saturated carbocycles. The van der Waals surface area contributed by atoms with Gasteiger partial charge in [0.15, 0.2) is 0 Å². The van der Waals surface area contributed by atoms with Gasteiger partial charge >= 0.3 is 0 Å². The summed E-state index contributed by atoms with van der Waals surface area (Å²) < 4.78 is 47.0. The van der Waals surface area contributed by atoms with Crippen LogP contribution in [-0.2, 0) is 16.6 Å². The van der Waals surface area contributed by atoms with Crippen molar-refractivity contribution in [1.29, 1.82) is 0 Å². The van der Waals surface area contributed by atoms with Crippen LogP contribution in [-0.4, -0.2) is 33.4 Å². The van der Waals surface area contributed by atoms with Gasteiger partial charge in [-0.15, -0.1) is 0 Å². The van der Waals surface area contributed by atoms with Crippen molar-refractivity contribution in [2.45, 2.75) is 11.4 Å². The normalized spacial score (nSPS) is 11.1. The second-order valence-electron chi connectivity index (χ2n) is 6.69. The number of para-hydroxylation sites is 2. The molecule has 0 atom stereocenters. The van der Waals surface area contributed by atoms with Crippen LogP contribution in [0.25, 0.3) is 0 Å². The molecule has 0 radical (unpaired) electrons. The van der Waals surface area contributed by atoms with Gasteiger partial charge in [0, 0.05) is 29.7 Å². The van der Waals surface area contributed by atoms with E-state index < -0.39 is 21.7 Å². The summed E-state index contributed by atoms with van der Waals surface area (Å²) in [5.41, 5.74) is 0.762.